The van der Waals surface area contributed by atoms with Crippen LogP contribution in [0, 0.1) is 5.92 Å². The van der Waals surface area contributed by atoms with Crippen LogP contribution in [0.25, 0.3) is 6.08 Å². The fourth-order valence-electron chi connectivity index (χ4n) is 4.31. The van der Waals surface area contributed by atoms with Crippen LogP contribution in [0.5, 0.6) is 5.75 Å². The molecule has 2 saturated heterocycles. The first kappa shape index (κ1) is 26.8. The maximum absolute atomic E-state index is 12.1. The standard InChI is InChI=1S/C25H28O12/c1-2-15-23(35-11-16-22(31)33-10-9-25(15,16)32)37-24-21(30)20(29)19(28)17(36-24)12-34-18(27)8-5-13-3-6-14(26)7-4-13/h2-8,11,15,17,19-21,23-24,26,28-30,32H,1,9-10,12H2. The van der Waals surface area contributed by atoms with E-state index in [4.69, 9.17) is 23.7 Å². The molecule has 8 atom stereocenters. The number of carbonyl (C=O) groups is 2. The van der Waals surface area contributed by atoms with Crippen LogP contribution in [-0.4, -0.2) is 93.3 Å². The number of fused-ring (bicyclic) bond motifs is 1. The highest BCUT2D eigenvalue weighted by Crippen LogP contribution is 2.42. The summed E-state index contributed by atoms with van der Waals surface area (Å²) in [7, 11) is 0. The zero-order valence-corrected chi connectivity index (χ0v) is 19.6. The topological polar surface area (TPSA) is 181 Å². The number of rotatable bonds is 7. The van der Waals surface area contributed by atoms with Crippen molar-refractivity contribution < 1.29 is 58.8 Å². The van der Waals surface area contributed by atoms with E-state index in [1.165, 1.54) is 24.3 Å². The van der Waals surface area contributed by atoms with Gasteiger partial charge in [0, 0.05) is 12.5 Å². The number of carbonyl (C=O) groups excluding carboxylic acids is 2. The van der Waals surface area contributed by atoms with E-state index >= 15 is 0 Å². The Morgan fingerprint density at radius 1 is 1.14 bits per heavy atom. The minimum atomic E-state index is -1.72. The van der Waals surface area contributed by atoms with Crippen molar-refractivity contribution in [1.29, 1.82) is 0 Å². The second kappa shape index (κ2) is 11.0. The first-order valence-corrected chi connectivity index (χ1v) is 11.5. The largest absolute Gasteiger partial charge is 0.508 e. The number of phenols is 1. The molecule has 200 valence electrons. The normalized spacial score (nSPS) is 35.6. The maximum atomic E-state index is 12.1. The zero-order chi connectivity index (χ0) is 26.7. The molecule has 1 aromatic rings. The number of hydrogen-bond acceptors (Lipinski definition) is 12. The minimum Gasteiger partial charge on any atom is -0.508 e. The number of hydrogen-bond donors (Lipinski definition) is 5. The highest BCUT2D eigenvalue weighted by Gasteiger charge is 2.54. The summed E-state index contributed by atoms with van der Waals surface area (Å²) in [6, 6.07) is 6.07. The summed E-state index contributed by atoms with van der Waals surface area (Å²) < 4.78 is 26.8. The molecule has 0 aliphatic carbocycles. The van der Waals surface area contributed by atoms with E-state index in [0.717, 1.165) is 12.3 Å². The van der Waals surface area contributed by atoms with Crippen LogP contribution in [-0.2, 0) is 33.3 Å². The summed E-state index contributed by atoms with van der Waals surface area (Å²) in [4.78, 5) is 24.2. The number of aromatic hydroxyl groups is 1. The first-order chi connectivity index (χ1) is 17.6. The Labute approximate surface area is 211 Å². The van der Waals surface area contributed by atoms with Gasteiger partial charge in [-0.2, -0.15) is 0 Å². The molecule has 4 rings (SSSR count). The molecule has 1 aromatic carbocycles. The highest BCUT2D eigenvalue weighted by atomic mass is 16.8. The summed E-state index contributed by atoms with van der Waals surface area (Å²) in [6.07, 6.45) is -4.21. The van der Waals surface area contributed by atoms with Crippen LogP contribution >= 0.6 is 0 Å². The molecule has 37 heavy (non-hydrogen) atoms. The summed E-state index contributed by atoms with van der Waals surface area (Å²) in [6.45, 7) is 3.15. The van der Waals surface area contributed by atoms with Gasteiger partial charge in [-0.05, 0) is 23.8 Å². The van der Waals surface area contributed by atoms with Gasteiger partial charge in [0.1, 0.15) is 47.9 Å². The van der Waals surface area contributed by atoms with Gasteiger partial charge in [0.25, 0.3) is 0 Å². The van der Waals surface area contributed by atoms with Gasteiger partial charge in [-0.1, -0.05) is 18.2 Å². The molecule has 0 bridgehead atoms. The second-order valence-electron chi connectivity index (χ2n) is 8.81. The van der Waals surface area contributed by atoms with E-state index in [9.17, 15) is 35.1 Å². The number of esters is 2. The summed E-state index contributed by atoms with van der Waals surface area (Å²) in [5.41, 5.74) is -1.17. The molecular weight excluding hydrogens is 492 g/mol. The average molecular weight is 520 g/mol. The third-order valence-corrected chi connectivity index (χ3v) is 6.45. The van der Waals surface area contributed by atoms with Gasteiger partial charge in [0.15, 0.2) is 6.29 Å². The third-order valence-electron chi connectivity index (χ3n) is 6.45. The number of cyclic esters (lactones) is 1. The van der Waals surface area contributed by atoms with Gasteiger partial charge in [-0.15, -0.1) is 6.58 Å². The Bertz CT molecular complexity index is 1070. The Balaban J connectivity index is 1.40. The third kappa shape index (κ3) is 5.54. The van der Waals surface area contributed by atoms with E-state index < -0.39 is 67.1 Å². The van der Waals surface area contributed by atoms with Crippen LogP contribution in [0.4, 0.5) is 0 Å². The molecule has 3 heterocycles. The number of benzene rings is 1. The van der Waals surface area contributed by atoms with E-state index in [1.807, 2.05) is 0 Å². The van der Waals surface area contributed by atoms with E-state index in [2.05, 4.69) is 6.58 Å². The molecule has 3 aliphatic rings. The number of ether oxygens (including phenoxy) is 5. The quantitative estimate of drug-likeness (QED) is 0.177. The number of aliphatic hydroxyl groups excluding tert-OH is 3. The summed E-state index contributed by atoms with van der Waals surface area (Å²) in [5.74, 6) is -2.41. The van der Waals surface area contributed by atoms with Crippen LogP contribution in [0.1, 0.15) is 12.0 Å². The Morgan fingerprint density at radius 2 is 1.86 bits per heavy atom. The van der Waals surface area contributed by atoms with Crippen molar-refractivity contribution in [2.24, 2.45) is 5.92 Å². The Hall–Kier alpha value is -3.26. The fraction of sp³-hybridized carbons (Fsp3) is 0.440. The molecule has 5 N–H and O–H groups in total. The molecule has 0 saturated carbocycles. The van der Waals surface area contributed by atoms with Crippen molar-refractivity contribution in [3.63, 3.8) is 0 Å². The SMILES string of the molecule is C=CC1C(OC2OC(COC(=O)C=Cc3ccc(O)cc3)C(O)C(O)C2O)OC=C2C(=O)OCCC21O. The second-order valence-corrected chi connectivity index (χ2v) is 8.81. The van der Waals surface area contributed by atoms with Crippen LogP contribution in [0.2, 0.25) is 0 Å². The lowest BCUT2D eigenvalue weighted by molar-refractivity contribution is -0.344. The first-order valence-electron chi connectivity index (χ1n) is 11.5. The van der Waals surface area contributed by atoms with Gasteiger partial charge >= 0.3 is 11.9 Å². The Kier molecular flexibility index (Phi) is 7.97. The van der Waals surface area contributed by atoms with Gasteiger partial charge in [-0.25, -0.2) is 9.59 Å². The van der Waals surface area contributed by atoms with Crippen molar-refractivity contribution in [1.82, 2.24) is 0 Å². The summed E-state index contributed by atoms with van der Waals surface area (Å²) >= 11 is 0. The van der Waals surface area contributed by atoms with Crippen LogP contribution in [0.15, 0.2) is 54.8 Å². The van der Waals surface area contributed by atoms with E-state index in [-0.39, 0.29) is 24.4 Å². The van der Waals surface area contributed by atoms with E-state index in [0.29, 0.717) is 5.56 Å². The van der Waals surface area contributed by atoms with Gasteiger partial charge in [0.2, 0.25) is 6.29 Å². The molecule has 0 radical (unpaired) electrons. The van der Waals surface area contributed by atoms with Crippen molar-refractivity contribution in [2.75, 3.05) is 13.2 Å². The maximum Gasteiger partial charge on any atom is 0.340 e. The van der Waals surface area contributed by atoms with Crippen LogP contribution < -0.4 is 0 Å². The Morgan fingerprint density at radius 3 is 2.57 bits per heavy atom. The lowest BCUT2D eigenvalue weighted by Crippen LogP contribution is -2.61. The molecule has 3 aliphatic heterocycles. The average Bonchev–Trinajstić information content (AvgIpc) is 2.87. The smallest absolute Gasteiger partial charge is 0.340 e. The number of phenolic OH excluding ortho intramolecular Hbond substituents is 1. The minimum absolute atomic E-state index is 0.0359. The van der Waals surface area contributed by atoms with E-state index in [1.54, 1.807) is 12.1 Å². The molecule has 0 amide bonds. The fourth-order valence-corrected chi connectivity index (χ4v) is 4.31. The number of aliphatic hydroxyl groups is 4. The van der Waals surface area contributed by atoms with Crippen molar-refractivity contribution in [3.8, 4) is 5.75 Å². The van der Waals surface area contributed by atoms with Crippen molar-refractivity contribution in [2.45, 2.75) is 49.0 Å². The predicted molar refractivity (Wildman–Crippen MR) is 123 cm³/mol. The van der Waals surface area contributed by atoms with Crippen molar-refractivity contribution in [3.05, 3.63) is 60.4 Å². The van der Waals surface area contributed by atoms with Gasteiger partial charge in [-0.3, -0.25) is 0 Å². The molecule has 12 heteroatoms. The summed E-state index contributed by atoms with van der Waals surface area (Å²) in [5, 5.41) is 51.6. The molecule has 0 spiro atoms. The zero-order valence-electron chi connectivity index (χ0n) is 19.6. The molecule has 0 aromatic heterocycles. The highest BCUT2D eigenvalue weighted by molar-refractivity contribution is 5.91. The predicted octanol–water partition coefficient (Wildman–Crippen LogP) is -0.507. The lowest BCUT2D eigenvalue weighted by atomic mass is 9.76. The van der Waals surface area contributed by atoms with Crippen LogP contribution in [0.3, 0.4) is 0 Å². The molecule has 12 nitrogen and oxygen atoms in total. The monoisotopic (exact) mass is 520 g/mol. The molecule has 8 unspecified atom stereocenters. The molecule has 2 fully saturated rings. The molecular formula is C25H28O12. The van der Waals surface area contributed by atoms with Gasteiger partial charge < -0.3 is 49.2 Å². The van der Waals surface area contributed by atoms with Crippen molar-refractivity contribution >= 4 is 18.0 Å². The van der Waals surface area contributed by atoms with Gasteiger partial charge in [0.05, 0.1) is 18.8 Å². The lowest BCUT2D eigenvalue weighted by Gasteiger charge is -2.46.